The molecule has 108 valence electrons. The number of ether oxygens (including phenoxy) is 1. The van der Waals surface area contributed by atoms with Gasteiger partial charge in [0.2, 0.25) is 0 Å². The molecular weight excluding hydrogens is 279 g/mol. The van der Waals surface area contributed by atoms with Gasteiger partial charge in [0.15, 0.2) is 0 Å². The monoisotopic (exact) mass is 295 g/mol. The zero-order chi connectivity index (χ0) is 14.5. The van der Waals surface area contributed by atoms with Gasteiger partial charge < -0.3 is 10.1 Å². The van der Waals surface area contributed by atoms with Crippen LogP contribution in [0.25, 0.3) is 0 Å². The SMILES string of the molecule is CCNC(CCC(F)(F)F)c1ccc(OC)c(Cl)c1. The molecule has 19 heavy (non-hydrogen) atoms. The topological polar surface area (TPSA) is 21.3 Å². The minimum atomic E-state index is -4.15. The van der Waals surface area contributed by atoms with E-state index in [0.717, 1.165) is 5.56 Å². The van der Waals surface area contributed by atoms with Gasteiger partial charge in [0.1, 0.15) is 5.75 Å². The predicted molar refractivity (Wildman–Crippen MR) is 69.7 cm³/mol. The Hall–Kier alpha value is -0.940. The molecule has 0 amide bonds. The van der Waals surface area contributed by atoms with Gasteiger partial charge in [0.25, 0.3) is 0 Å². The third-order valence-electron chi connectivity index (χ3n) is 2.75. The van der Waals surface area contributed by atoms with Crippen molar-refractivity contribution in [3.8, 4) is 5.75 Å². The molecule has 1 aromatic rings. The van der Waals surface area contributed by atoms with E-state index in [1.807, 2.05) is 6.92 Å². The summed E-state index contributed by atoms with van der Waals surface area (Å²) < 4.78 is 41.9. The van der Waals surface area contributed by atoms with Crippen LogP contribution in [0.3, 0.4) is 0 Å². The molecule has 0 aliphatic heterocycles. The van der Waals surface area contributed by atoms with Gasteiger partial charge in [0, 0.05) is 12.5 Å². The number of benzene rings is 1. The smallest absolute Gasteiger partial charge is 0.389 e. The molecule has 0 radical (unpaired) electrons. The highest BCUT2D eigenvalue weighted by molar-refractivity contribution is 6.32. The lowest BCUT2D eigenvalue weighted by molar-refractivity contribution is -0.136. The van der Waals surface area contributed by atoms with Crippen molar-refractivity contribution >= 4 is 11.6 Å². The molecule has 0 heterocycles. The molecule has 2 nitrogen and oxygen atoms in total. The first-order chi connectivity index (χ1) is 8.87. The maximum atomic E-state index is 12.3. The van der Waals surface area contributed by atoms with Crippen LogP contribution in [-0.2, 0) is 0 Å². The predicted octanol–water partition coefficient (Wildman–Crippen LogP) is 4.34. The molecule has 1 rings (SSSR count). The van der Waals surface area contributed by atoms with E-state index in [1.54, 1.807) is 18.2 Å². The third-order valence-corrected chi connectivity index (χ3v) is 3.04. The van der Waals surface area contributed by atoms with Crippen LogP contribution in [0.1, 0.15) is 31.4 Å². The fourth-order valence-electron chi connectivity index (χ4n) is 1.84. The summed E-state index contributed by atoms with van der Waals surface area (Å²) in [4.78, 5) is 0. The zero-order valence-corrected chi connectivity index (χ0v) is 11.6. The molecule has 1 aromatic carbocycles. The minimum Gasteiger partial charge on any atom is -0.495 e. The lowest BCUT2D eigenvalue weighted by Crippen LogP contribution is -2.23. The summed E-state index contributed by atoms with van der Waals surface area (Å²) in [7, 11) is 1.49. The van der Waals surface area contributed by atoms with E-state index in [0.29, 0.717) is 17.3 Å². The van der Waals surface area contributed by atoms with Crippen LogP contribution in [0.15, 0.2) is 18.2 Å². The number of alkyl halides is 3. The number of nitrogens with one attached hydrogen (secondary N) is 1. The first-order valence-electron chi connectivity index (χ1n) is 6.01. The van der Waals surface area contributed by atoms with Crippen molar-refractivity contribution in [1.82, 2.24) is 5.32 Å². The minimum absolute atomic E-state index is 0.0139. The summed E-state index contributed by atoms with van der Waals surface area (Å²) >= 11 is 5.99. The van der Waals surface area contributed by atoms with Crippen molar-refractivity contribution in [2.75, 3.05) is 13.7 Å². The van der Waals surface area contributed by atoms with Gasteiger partial charge in [-0.1, -0.05) is 24.6 Å². The fourth-order valence-corrected chi connectivity index (χ4v) is 2.11. The molecule has 1 unspecified atom stereocenters. The van der Waals surface area contributed by atoms with E-state index in [4.69, 9.17) is 16.3 Å². The summed E-state index contributed by atoms with van der Waals surface area (Å²) in [5, 5.41) is 3.43. The molecule has 6 heteroatoms. The Morgan fingerprint density at radius 3 is 2.53 bits per heavy atom. The van der Waals surface area contributed by atoms with Crippen molar-refractivity contribution in [3.05, 3.63) is 28.8 Å². The summed E-state index contributed by atoms with van der Waals surface area (Å²) in [5.74, 6) is 0.511. The maximum absolute atomic E-state index is 12.3. The van der Waals surface area contributed by atoms with Crippen molar-refractivity contribution in [3.63, 3.8) is 0 Å². The average Bonchev–Trinajstić information content (AvgIpc) is 2.33. The van der Waals surface area contributed by atoms with Gasteiger partial charge in [-0.25, -0.2) is 0 Å². The van der Waals surface area contributed by atoms with Gasteiger partial charge >= 0.3 is 6.18 Å². The average molecular weight is 296 g/mol. The van der Waals surface area contributed by atoms with Gasteiger partial charge in [-0.3, -0.25) is 0 Å². The molecule has 0 spiro atoms. The van der Waals surface area contributed by atoms with Crippen LogP contribution in [-0.4, -0.2) is 19.8 Å². The Balaban J connectivity index is 2.83. The van der Waals surface area contributed by atoms with Gasteiger partial charge in [-0.15, -0.1) is 0 Å². The molecule has 0 saturated heterocycles. The van der Waals surface area contributed by atoms with Gasteiger partial charge in [0.05, 0.1) is 12.1 Å². The Kier molecular flexibility index (Phi) is 5.94. The Labute approximate surface area is 115 Å². The second-order valence-electron chi connectivity index (χ2n) is 4.16. The highest BCUT2D eigenvalue weighted by atomic mass is 35.5. The van der Waals surface area contributed by atoms with Crippen LogP contribution >= 0.6 is 11.6 Å². The van der Waals surface area contributed by atoms with Crippen LogP contribution < -0.4 is 10.1 Å². The Morgan fingerprint density at radius 1 is 1.37 bits per heavy atom. The van der Waals surface area contributed by atoms with Crippen molar-refractivity contribution < 1.29 is 17.9 Å². The first kappa shape index (κ1) is 16.1. The number of hydrogen-bond acceptors (Lipinski definition) is 2. The van der Waals surface area contributed by atoms with E-state index < -0.39 is 12.6 Å². The molecule has 1 N–H and O–H groups in total. The lowest BCUT2D eigenvalue weighted by Gasteiger charge is -2.20. The van der Waals surface area contributed by atoms with Crippen LogP contribution in [0.2, 0.25) is 5.02 Å². The van der Waals surface area contributed by atoms with E-state index in [1.165, 1.54) is 7.11 Å². The van der Waals surface area contributed by atoms with Crippen LogP contribution in [0.4, 0.5) is 13.2 Å². The molecule has 0 aliphatic rings. The summed E-state index contributed by atoms with van der Waals surface area (Å²) in [6.07, 6.45) is -4.99. The number of rotatable bonds is 6. The number of halogens is 4. The van der Waals surface area contributed by atoms with Crippen molar-refractivity contribution in [2.45, 2.75) is 32.0 Å². The normalized spacial score (nSPS) is 13.4. The molecule has 0 aromatic heterocycles. The Morgan fingerprint density at radius 2 is 2.05 bits per heavy atom. The molecule has 0 saturated carbocycles. The van der Waals surface area contributed by atoms with Gasteiger partial charge in [-0.05, 0) is 30.7 Å². The maximum Gasteiger partial charge on any atom is 0.389 e. The third kappa shape index (κ3) is 5.28. The number of methoxy groups -OCH3 is 1. The summed E-state index contributed by atoms with van der Waals surface area (Å²) in [6.45, 7) is 2.44. The summed E-state index contributed by atoms with van der Waals surface area (Å²) in [5.41, 5.74) is 0.733. The van der Waals surface area contributed by atoms with E-state index in [9.17, 15) is 13.2 Å². The first-order valence-corrected chi connectivity index (χ1v) is 6.38. The van der Waals surface area contributed by atoms with Crippen LogP contribution in [0.5, 0.6) is 5.75 Å². The second-order valence-corrected chi connectivity index (χ2v) is 4.57. The fraction of sp³-hybridized carbons (Fsp3) is 0.538. The molecule has 0 aliphatic carbocycles. The Bertz CT molecular complexity index is 409. The van der Waals surface area contributed by atoms with Crippen molar-refractivity contribution in [1.29, 1.82) is 0 Å². The number of hydrogen-bond donors (Lipinski definition) is 1. The molecule has 1 atom stereocenters. The van der Waals surface area contributed by atoms with E-state index in [2.05, 4.69) is 5.32 Å². The van der Waals surface area contributed by atoms with E-state index >= 15 is 0 Å². The molecular formula is C13H17ClF3NO. The van der Waals surface area contributed by atoms with Gasteiger partial charge in [-0.2, -0.15) is 13.2 Å². The quantitative estimate of drug-likeness (QED) is 0.843. The summed E-state index contributed by atoms with van der Waals surface area (Å²) in [6, 6.07) is 4.67. The van der Waals surface area contributed by atoms with Crippen molar-refractivity contribution in [2.24, 2.45) is 0 Å². The van der Waals surface area contributed by atoms with Crippen LogP contribution in [0, 0.1) is 0 Å². The zero-order valence-electron chi connectivity index (χ0n) is 10.9. The second kappa shape index (κ2) is 7.01. The standard InChI is InChI=1S/C13H17ClF3NO/c1-3-18-11(6-7-13(15,16)17)9-4-5-12(19-2)10(14)8-9/h4-5,8,11,18H,3,6-7H2,1-2H3. The van der Waals surface area contributed by atoms with E-state index in [-0.39, 0.29) is 12.5 Å². The largest absolute Gasteiger partial charge is 0.495 e. The highest BCUT2D eigenvalue weighted by Crippen LogP contribution is 2.31. The molecule has 0 bridgehead atoms. The molecule has 0 fully saturated rings. The lowest BCUT2D eigenvalue weighted by atomic mass is 10.0. The highest BCUT2D eigenvalue weighted by Gasteiger charge is 2.28.